The summed E-state index contributed by atoms with van der Waals surface area (Å²) in [6.07, 6.45) is 1.12. The zero-order valence-corrected chi connectivity index (χ0v) is 17.9. The number of furan rings is 1. The van der Waals surface area contributed by atoms with Crippen LogP contribution in [0.4, 0.5) is 5.69 Å². The third-order valence-electron chi connectivity index (χ3n) is 4.51. The van der Waals surface area contributed by atoms with Crippen LogP contribution in [0, 0.1) is 5.92 Å². The normalized spacial score (nSPS) is 11.6. The highest BCUT2D eigenvalue weighted by Gasteiger charge is 2.23. The Labute approximate surface area is 175 Å². The van der Waals surface area contributed by atoms with Crippen molar-refractivity contribution in [1.82, 2.24) is 5.32 Å². The van der Waals surface area contributed by atoms with Gasteiger partial charge in [-0.3, -0.25) is 9.59 Å². The van der Waals surface area contributed by atoms with Crippen LogP contribution >= 0.6 is 0 Å². The first-order valence-corrected chi connectivity index (χ1v) is 11.6. The molecular weight excluding hydrogens is 404 g/mol. The molecule has 3 rings (SSSR count). The molecule has 0 saturated heterocycles. The van der Waals surface area contributed by atoms with E-state index in [9.17, 15) is 18.0 Å². The van der Waals surface area contributed by atoms with Crippen LogP contribution in [0.5, 0.6) is 0 Å². The summed E-state index contributed by atoms with van der Waals surface area (Å²) in [4.78, 5) is 24.5. The van der Waals surface area contributed by atoms with Crippen LogP contribution in [-0.4, -0.2) is 26.5 Å². The summed E-state index contributed by atoms with van der Waals surface area (Å²) in [5, 5.41) is 6.18. The van der Waals surface area contributed by atoms with Crippen LogP contribution in [0.15, 0.2) is 52.9 Å². The summed E-state index contributed by atoms with van der Waals surface area (Å²) in [7, 11) is -3.36. The van der Waals surface area contributed by atoms with E-state index in [0.717, 1.165) is 11.8 Å². The van der Waals surface area contributed by atoms with E-state index < -0.39 is 15.7 Å². The number of para-hydroxylation sites is 1. The number of sulfone groups is 1. The summed E-state index contributed by atoms with van der Waals surface area (Å²) in [6, 6.07) is 14.1. The molecule has 0 fully saturated rings. The molecule has 0 aliphatic carbocycles. The number of carbonyl (C=O) groups is 2. The van der Waals surface area contributed by atoms with E-state index in [1.807, 2.05) is 13.8 Å². The molecule has 1 heterocycles. The highest BCUT2D eigenvalue weighted by molar-refractivity contribution is 7.89. The van der Waals surface area contributed by atoms with Crippen LogP contribution in [0.25, 0.3) is 11.0 Å². The molecule has 2 aromatic carbocycles. The quantitative estimate of drug-likeness (QED) is 0.599. The maximum absolute atomic E-state index is 12.7. The molecule has 0 aliphatic heterocycles. The predicted octanol–water partition coefficient (Wildman–Crippen LogP) is 3.50. The maximum atomic E-state index is 12.7. The monoisotopic (exact) mass is 428 g/mol. The molecule has 0 spiro atoms. The van der Waals surface area contributed by atoms with Crippen molar-refractivity contribution < 1.29 is 22.4 Å². The van der Waals surface area contributed by atoms with E-state index in [1.54, 1.807) is 48.5 Å². The first-order chi connectivity index (χ1) is 14.1. The number of fused-ring (bicyclic) bond motifs is 1. The van der Waals surface area contributed by atoms with E-state index in [-0.39, 0.29) is 29.9 Å². The molecule has 0 atom stereocenters. The van der Waals surface area contributed by atoms with Crippen molar-refractivity contribution in [2.45, 2.75) is 26.1 Å². The van der Waals surface area contributed by atoms with Gasteiger partial charge in [-0.1, -0.05) is 44.2 Å². The fourth-order valence-electron chi connectivity index (χ4n) is 2.94. The van der Waals surface area contributed by atoms with Crippen molar-refractivity contribution in [3.05, 3.63) is 65.4 Å². The Hall–Kier alpha value is -3.13. The van der Waals surface area contributed by atoms with Gasteiger partial charge in [0.1, 0.15) is 5.58 Å². The number of amides is 2. The molecule has 0 radical (unpaired) electrons. The number of rotatable bonds is 7. The van der Waals surface area contributed by atoms with Crippen LogP contribution in [-0.2, 0) is 26.9 Å². The lowest BCUT2D eigenvalue weighted by Gasteiger charge is -2.09. The smallest absolute Gasteiger partial charge is 0.287 e. The third kappa shape index (κ3) is 5.27. The lowest BCUT2D eigenvalue weighted by atomic mass is 10.1. The van der Waals surface area contributed by atoms with E-state index in [4.69, 9.17) is 4.42 Å². The van der Waals surface area contributed by atoms with Gasteiger partial charge >= 0.3 is 0 Å². The fraction of sp³-hybridized carbons (Fsp3) is 0.273. The number of nitrogens with one attached hydrogen (secondary N) is 2. The molecule has 158 valence electrons. The summed E-state index contributed by atoms with van der Waals surface area (Å²) in [5.74, 6) is -0.950. The lowest BCUT2D eigenvalue weighted by Crippen LogP contribution is -2.23. The van der Waals surface area contributed by atoms with E-state index in [2.05, 4.69) is 10.6 Å². The molecule has 0 unspecified atom stereocenters. The molecule has 1 aromatic heterocycles. The van der Waals surface area contributed by atoms with Crippen LogP contribution in [0.1, 0.15) is 35.5 Å². The fourth-order valence-corrected chi connectivity index (χ4v) is 3.75. The van der Waals surface area contributed by atoms with Gasteiger partial charge in [0.15, 0.2) is 15.6 Å². The number of carbonyl (C=O) groups excluding carboxylic acids is 2. The van der Waals surface area contributed by atoms with Crippen LogP contribution in [0.3, 0.4) is 0 Å². The average Bonchev–Trinajstić information content (AvgIpc) is 3.04. The minimum Gasteiger partial charge on any atom is -0.451 e. The molecule has 0 aliphatic rings. The lowest BCUT2D eigenvalue weighted by molar-refractivity contribution is -0.118. The van der Waals surface area contributed by atoms with E-state index in [0.29, 0.717) is 22.2 Å². The van der Waals surface area contributed by atoms with Gasteiger partial charge in [0.25, 0.3) is 5.91 Å². The first kappa shape index (κ1) is 21.6. The third-order valence-corrected chi connectivity index (χ3v) is 5.32. The number of benzene rings is 2. The van der Waals surface area contributed by atoms with Crippen molar-refractivity contribution in [3.63, 3.8) is 0 Å². The van der Waals surface area contributed by atoms with Gasteiger partial charge < -0.3 is 15.1 Å². The predicted molar refractivity (Wildman–Crippen MR) is 116 cm³/mol. The van der Waals surface area contributed by atoms with Crippen molar-refractivity contribution in [1.29, 1.82) is 0 Å². The van der Waals surface area contributed by atoms with Gasteiger partial charge in [-0.05, 0) is 23.8 Å². The minimum absolute atomic E-state index is 0.00226. The van der Waals surface area contributed by atoms with Crippen LogP contribution < -0.4 is 10.6 Å². The number of hydrogen-bond donors (Lipinski definition) is 2. The maximum Gasteiger partial charge on any atom is 0.287 e. The number of hydrogen-bond acceptors (Lipinski definition) is 5. The van der Waals surface area contributed by atoms with Gasteiger partial charge in [-0.15, -0.1) is 0 Å². The van der Waals surface area contributed by atoms with Gasteiger partial charge in [-0.25, -0.2) is 8.42 Å². The molecule has 8 heteroatoms. The highest BCUT2D eigenvalue weighted by atomic mass is 32.2. The van der Waals surface area contributed by atoms with Crippen molar-refractivity contribution in [3.8, 4) is 0 Å². The van der Waals surface area contributed by atoms with Gasteiger partial charge in [-0.2, -0.15) is 0 Å². The summed E-state index contributed by atoms with van der Waals surface area (Å²) >= 11 is 0. The van der Waals surface area contributed by atoms with Gasteiger partial charge in [0.05, 0.1) is 5.75 Å². The molecular formula is C22H24N2O5S. The van der Waals surface area contributed by atoms with Crippen molar-refractivity contribution in [2.75, 3.05) is 11.6 Å². The zero-order chi connectivity index (χ0) is 21.9. The number of anilines is 1. The Bertz CT molecular complexity index is 1180. The first-order valence-electron chi connectivity index (χ1n) is 9.50. The molecule has 0 saturated carbocycles. The second-order valence-electron chi connectivity index (χ2n) is 7.50. The van der Waals surface area contributed by atoms with Crippen molar-refractivity contribution >= 4 is 38.3 Å². The van der Waals surface area contributed by atoms with Gasteiger partial charge in [0.2, 0.25) is 5.91 Å². The SMILES string of the molecule is CC(C)C(=O)Nc1ccc(CNC(=O)c2oc3ccccc3c2CS(C)(=O)=O)cc1. The zero-order valence-electron chi connectivity index (χ0n) is 17.1. The molecule has 0 bridgehead atoms. The topological polar surface area (TPSA) is 105 Å². The van der Waals surface area contributed by atoms with Gasteiger partial charge in [0, 0.05) is 35.4 Å². The van der Waals surface area contributed by atoms with Crippen LogP contribution in [0.2, 0.25) is 0 Å². The Kier molecular flexibility index (Phi) is 6.26. The van der Waals surface area contributed by atoms with E-state index in [1.165, 1.54) is 0 Å². The molecule has 30 heavy (non-hydrogen) atoms. The second kappa shape index (κ2) is 8.71. The summed E-state index contributed by atoms with van der Waals surface area (Å²) in [6.45, 7) is 3.86. The molecule has 2 amide bonds. The Morgan fingerprint density at radius 3 is 2.33 bits per heavy atom. The van der Waals surface area contributed by atoms with Crippen molar-refractivity contribution in [2.24, 2.45) is 5.92 Å². The largest absolute Gasteiger partial charge is 0.451 e. The minimum atomic E-state index is -3.36. The summed E-state index contributed by atoms with van der Waals surface area (Å²) in [5.41, 5.74) is 2.33. The second-order valence-corrected chi connectivity index (χ2v) is 9.64. The molecule has 3 aromatic rings. The Morgan fingerprint density at radius 2 is 1.70 bits per heavy atom. The standard InChI is InChI=1S/C22H24N2O5S/c1-14(2)21(25)24-16-10-8-15(9-11-16)12-23-22(26)20-18(13-30(3,27)28)17-6-4-5-7-19(17)29-20/h4-11,14H,12-13H2,1-3H3,(H,23,26)(H,24,25). The summed E-state index contributed by atoms with van der Waals surface area (Å²) < 4.78 is 29.3. The van der Waals surface area contributed by atoms with E-state index >= 15 is 0 Å². The molecule has 7 nitrogen and oxygen atoms in total. The average molecular weight is 429 g/mol. The highest BCUT2D eigenvalue weighted by Crippen LogP contribution is 2.27. The Balaban J connectivity index is 1.74. The molecule has 2 N–H and O–H groups in total. The Morgan fingerprint density at radius 1 is 1.03 bits per heavy atom.